The van der Waals surface area contributed by atoms with Crippen LogP contribution in [0.15, 0.2) is 12.4 Å². The van der Waals surface area contributed by atoms with Gasteiger partial charge in [0.2, 0.25) is 5.91 Å². The van der Waals surface area contributed by atoms with Crippen molar-refractivity contribution in [1.82, 2.24) is 15.3 Å². The first-order valence-electron chi connectivity index (χ1n) is 5.31. The summed E-state index contributed by atoms with van der Waals surface area (Å²) in [7, 11) is 1.81. The number of hydrogen-bond donors (Lipinski definition) is 2. The number of anilines is 2. The van der Waals surface area contributed by atoms with Crippen molar-refractivity contribution in [3.63, 3.8) is 0 Å². The van der Waals surface area contributed by atoms with E-state index in [4.69, 9.17) is 0 Å². The summed E-state index contributed by atoms with van der Waals surface area (Å²) in [6.07, 6.45) is 3.90. The SMILES string of the molecule is CNc1cncc(N2CCNC(=O)CC2)n1. The van der Waals surface area contributed by atoms with E-state index >= 15 is 0 Å². The van der Waals surface area contributed by atoms with Gasteiger partial charge in [-0.05, 0) is 0 Å². The lowest BCUT2D eigenvalue weighted by molar-refractivity contribution is -0.120. The predicted molar refractivity (Wildman–Crippen MR) is 61.4 cm³/mol. The van der Waals surface area contributed by atoms with Crippen LogP contribution >= 0.6 is 0 Å². The van der Waals surface area contributed by atoms with Crippen LogP contribution in [-0.4, -0.2) is 42.6 Å². The van der Waals surface area contributed by atoms with Crippen LogP contribution in [0.3, 0.4) is 0 Å². The van der Waals surface area contributed by atoms with E-state index < -0.39 is 0 Å². The van der Waals surface area contributed by atoms with Gasteiger partial charge in [-0.2, -0.15) is 0 Å². The van der Waals surface area contributed by atoms with Crippen molar-refractivity contribution in [3.05, 3.63) is 12.4 Å². The molecule has 2 N–H and O–H groups in total. The maximum atomic E-state index is 11.2. The summed E-state index contributed by atoms with van der Waals surface area (Å²) < 4.78 is 0. The number of carbonyl (C=O) groups is 1. The third-order valence-electron chi connectivity index (χ3n) is 2.51. The predicted octanol–water partition coefficient (Wildman–Crippen LogP) is -0.155. The van der Waals surface area contributed by atoms with E-state index in [2.05, 4.69) is 25.5 Å². The molecule has 0 atom stereocenters. The first kappa shape index (κ1) is 10.7. The molecule has 0 bridgehead atoms. The highest BCUT2D eigenvalue weighted by Crippen LogP contribution is 2.13. The second-order valence-electron chi connectivity index (χ2n) is 3.60. The Morgan fingerprint density at radius 3 is 3.12 bits per heavy atom. The Morgan fingerprint density at radius 1 is 1.44 bits per heavy atom. The molecule has 1 aliphatic heterocycles. The van der Waals surface area contributed by atoms with Crippen LogP contribution in [0.5, 0.6) is 0 Å². The first-order valence-corrected chi connectivity index (χ1v) is 5.31. The van der Waals surface area contributed by atoms with Crippen LogP contribution < -0.4 is 15.5 Å². The molecule has 1 aromatic rings. The van der Waals surface area contributed by atoms with Gasteiger partial charge in [0.15, 0.2) is 0 Å². The summed E-state index contributed by atoms with van der Waals surface area (Å²) in [5, 5.41) is 5.78. The standard InChI is InChI=1S/C10H15N5O/c1-11-8-6-12-7-9(14-8)15-4-2-10(16)13-3-5-15/h6-7H,2-5H2,1H3,(H,11,14)(H,13,16). The summed E-state index contributed by atoms with van der Waals surface area (Å²) in [5.41, 5.74) is 0. The lowest BCUT2D eigenvalue weighted by Gasteiger charge is -2.20. The first-order chi connectivity index (χ1) is 7.79. The van der Waals surface area contributed by atoms with Crippen molar-refractivity contribution in [2.24, 2.45) is 0 Å². The fraction of sp³-hybridized carbons (Fsp3) is 0.500. The van der Waals surface area contributed by atoms with Crippen LogP contribution in [-0.2, 0) is 4.79 Å². The number of carbonyl (C=O) groups excluding carboxylic acids is 1. The molecule has 0 saturated carbocycles. The minimum atomic E-state index is 0.0974. The van der Waals surface area contributed by atoms with Crippen molar-refractivity contribution in [2.45, 2.75) is 6.42 Å². The molecule has 0 radical (unpaired) electrons. The molecule has 6 nitrogen and oxygen atoms in total. The minimum absolute atomic E-state index is 0.0974. The molecule has 0 aliphatic carbocycles. The zero-order valence-electron chi connectivity index (χ0n) is 9.23. The number of aromatic nitrogens is 2. The highest BCUT2D eigenvalue weighted by Gasteiger charge is 2.14. The summed E-state index contributed by atoms with van der Waals surface area (Å²) in [5.74, 6) is 1.64. The van der Waals surface area contributed by atoms with Crippen molar-refractivity contribution in [2.75, 3.05) is 36.9 Å². The summed E-state index contributed by atoms with van der Waals surface area (Å²) >= 11 is 0. The minimum Gasteiger partial charge on any atom is -0.372 e. The zero-order valence-corrected chi connectivity index (χ0v) is 9.23. The van der Waals surface area contributed by atoms with Gasteiger partial charge in [0.05, 0.1) is 12.4 Å². The van der Waals surface area contributed by atoms with E-state index in [-0.39, 0.29) is 5.91 Å². The molecule has 1 saturated heterocycles. The second-order valence-corrected chi connectivity index (χ2v) is 3.60. The summed E-state index contributed by atoms with van der Waals surface area (Å²) in [6, 6.07) is 0. The molecule has 2 rings (SSSR count). The lowest BCUT2D eigenvalue weighted by Crippen LogP contribution is -2.29. The zero-order chi connectivity index (χ0) is 11.4. The van der Waals surface area contributed by atoms with Crippen molar-refractivity contribution >= 4 is 17.5 Å². The molecule has 0 unspecified atom stereocenters. The molecule has 2 heterocycles. The van der Waals surface area contributed by atoms with Crippen molar-refractivity contribution < 1.29 is 4.79 Å². The Morgan fingerprint density at radius 2 is 2.31 bits per heavy atom. The average Bonchev–Trinajstić information content (AvgIpc) is 2.54. The average molecular weight is 221 g/mol. The Balaban J connectivity index is 2.13. The number of nitrogens with zero attached hydrogens (tertiary/aromatic N) is 3. The Kier molecular flexibility index (Phi) is 3.19. The molecule has 1 aromatic heterocycles. The second kappa shape index (κ2) is 4.78. The van der Waals surface area contributed by atoms with Crippen molar-refractivity contribution in [3.8, 4) is 0 Å². The fourth-order valence-corrected chi connectivity index (χ4v) is 1.62. The van der Waals surface area contributed by atoms with E-state index in [1.54, 1.807) is 19.4 Å². The lowest BCUT2D eigenvalue weighted by atomic mass is 10.4. The van der Waals surface area contributed by atoms with Gasteiger partial charge in [-0.25, -0.2) is 4.98 Å². The number of rotatable bonds is 2. The van der Waals surface area contributed by atoms with Crippen LogP contribution in [0.4, 0.5) is 11.6 Å². The molecule has 0 spiro atoms. The van der Waals surface area contributed by atoms with E-state index in [9.17, 15) is 4.79 Å². The molecule has 1 aliphatic rings. The van der Waals surface area contributed by atoms with Gasteiger partial charge >= 0.3 is 0 Å². The number of hydrogen-bond acceptors (Lipinski definition) is 5. The highest BCUT2D eigenvalue weighted by molar-refractivity contribution is 5.77. The Bertz CT molecular complexity index is 381. The molecule has 0 aromatic carbocycles. The largest absolute Gasteiger partial charge is 0.372 e. The van der Waals surface area contributed by atoms with Gasteiger partial charge in [0.1, 0.15) is 11.6 Å². The topological polar surface area (TPSA) is 70.2 Å². The third-order valence-corrected chi connectivity index (χ3v) is 2.51. The normalized spacial score (nSPS) is 16.6. The highest BCUT2D eigenvalue weighted by atomic mass is 16.1. The van der Waals surface area contributed by atoms with Gasteiger partial charge in [-0.3, -0.25) is 9.78 Å². The quantitative estimate of drug-likeness (QED) is 0.726. The fourth-order valence-electron chi connectivity index (χ4n) is 1.62. The Hall–Kier alpha value is -1.85. The molecular weight excluding hydrogens is 206 g/mol. The van der Waals surface area contributed by atoms with Crippen LogP contribution in [0.2, 0.25) is 0 Å². The maximum absolute atomic E-state index is 11.2. The molecule has 1 fully saturated rings. The van der Waals surface area contributed by atoms with E-state index in [0.29, 0.717) is 19.5 Å². The number of amides is 1. The third kappa shape index (κ3) is 2.39. The molecular formula is C10H15N5O. The molecule has 86 valence electrons. The van der Waals surface area contributed by atoms with Crippen LogP contribution in [0.1, 0.15) is 6.42 Å². The number of nitrogens with one attached hydrogen (secondary N) is 2. The van der Waals surface area contributed by atoms with Gasteiger partial charge in [-0.15, -0.1) is 0 Å². The van der Waals surface area contributed by atoms with Gasteiger partial charge < -0.3 is 15.5 Å². The molecule has 1 amide bonds. The summed E-state index contributed by atoms with van der Waals surface area (Å²) in [4.78, 5) is 21.8. The smallest absolute Gasteiger partial charge is 0.221 e. The Labute approximate surface area is 94.1 Å². The van der Waals surface area contributed by atoms with Crippen LogP contribution in [0.25, 0.3) is 0 Å². The maximum Gasteiger partial charge on any atom is 0.221 e. The molecule has 6 heteroatoms. The van der Waals surface area contributed by atoms with E-state index in [0.717, 1.165) is 18.2 Å². The monoisotopic (exact) mass is 221 g/mol. The van der Waals surface area contributed by atoms with Crippen LogP contribution in [0, 0.1) is 0 Å². The van der Waals surface area contributed by atoms with Gasteiger partial charge in [0, 0.05) is 33.1 Å². The van der Waals surface area contributed by atoms with Gasteiger partial charge in [0.25, 0.3) is 0 Å². The van der Waals surface area contributed by atoms with E-state index in [1.807, 2.05) is 0 Å². The summed E-state index contributed by atoms with van der Waals surface area (Å²) in [6.45, 7) is 2.12. The molecule has 16 heavy (non-hydrogen) atoms. The van der Waals surface area contributed by atoms with Gasteiger partial charge in [-0.1, -0.05) is 0 Å². The van der Waals surface area contributed by atoms with Crippen molar-refractivity contribution in [1.29, 1.82) is 0 Å². The van der Waals surface area contributed by atoms with E-state index in [1.165, 1.54) is 0 Å².